The van der Waals surface area contributed by atoms with Crippen molar-refractivity contribution in [3.05, 3.63) is 53.0 Å². The lowest BCUT2D eigenvalue weighted by molar-refractivity contribution is -0.136. The molecule has 0 saturated heterocycles. The first kappa shape index (κ1) is 18.1. The Morgan fingerprint density at radius 1 is 1.35 bits per heavy atom. The molecule has 0 spiro atoms. The van der Waals surface area contributed by atoms with Crippen LogP contribution in [0, 0.1) is 0 Å². The van der Waals surface area contributed by atoms with Gasteiger partial charge < -0.3 is 14.5 Å². The van der Waals surface area contributed by atoms with Crippen molar-refractivity contribution in [2.45, 2.75) is 13.1 Å². The van der Waals surface area contributed by atoms with Gasteiger partial charge in [-0.05, 0) is 31.2 Å². The van der Waals surface area contributed by atoms with Crippen LogP contribution in [0.2, 0.25) is 5.02 Å². The van der Waals surface area contributed by atoms with Gasteiger partial charge in [-0.3, -0.25) is 4.98 Å². The van der Waals surface area contributed by atoms with Gasteiger partial charge in [0.25, 0.3) is 0 Å². The van der Waals surface area contributed by atoms with E-state index in [1.807, 2.05) is 0 Å². The third kappa shape index (κ3) is 3.45. The number of nitrogens with zero attached hydrogens (tertiary/aromatic N) is 1. The molecule has 0 unspecified atom stereocenters. The minimum atomic E-state index is -4.64. The van der Waals surface area contributed by atoms with Crippen molar-refractivity contribution < 1.29 is 27.1 Å². The molecule has 0 amide bonds. The Kier molecular flexibility index (Phi) is 4.78. The van der Waals surface area contributed by atoms with Crippen LogP contribution in [0.1, 0.15) is 23.0 Å². The number of ether oxygens (including phenoxy) is 1. The van der Waals surface area contributed by atoms with Gasteiger partial charge in [-0.25, -0.2) is 4.79 Å². The number of fused-ring (bicyclic) bond motifs is 1. The monoisotopic (exact) mass is 384 g/mol. The first-order valence-corrected chi connectivity index (χ1v) is 7.86. The van der Waals surface area contributed by atoms with Crippen molar-refractivity contribution in [2.24, 2.45) is 0 Å². The second-order valence-corrected chi connectivity index (χ2v) is 5.65. The van der Waals surface area contributed by atoms with E-state index in [1.54, 1.807) is 6.92 Å². The highest BCUT2D eigenvalue weighted by molar-refractivity contribution is 6.30. The zero-order valence-corrected chi connectivity index (χ0v) is 14.1. The maximum atomic E-state index is 13.3. The molecule has 0 saturated carbocycles. The number of hydrogen-bond acceptors (Lipinski definition) is 5. The maximum absolute atomic E-state index is 13.3. The third-order valence-corrected chi connectivity index (χ3v) is 3.74. The minimum Gasteiger partial charge on any atom is -0.460 e. The van der Waals surface area contributed by atoms with Gasteiger partial charge in [-0.2, -0.15) is 13.2 Å². The van der Waals surface area contributed by atoms with E-state index in [0.717, 1.165) is 6.07 Å². The largest absolute Gasteiger partial charge is 0.460 e. The molecule has 5 nitrogen and oxygen atoms in total. The number of halogens is 4. The molecule has 0 radical (unpaired) electrons. The number of carbonyl (C=O) groups excluding carboxylic acids is 1. The minimum absolute atomic E-state index is 0.0604. The maximum Gasteiger partial charge on any atom is 0.418 e. The second kappa shape index (κ2) is 6.87. The summed E-state index contributed by atoms with van der Waals surface area (Å²) in [6.07, 6.45) is -1.85. The first-order chi connectivity index (χ1) is 12.3. The highest BCUT2D eigenvalue weighted by atomic mass is 35.5. The number of carbonyl (C=O) groups is 1. The molecule has 0 aliphatic rings. The standard InChI is InChI=1S/C17H12ClF3N2O3/c1-2-25-16(24)15-14(10-5-6-22-8-13(10)26-15)23-12-4-3-9(18)7-11(12)17(19,20)21/h3-8,23H,2H2,1H3. The molecule has 9 heteroatoms. The van der Waals surface area contributed by atoms with Gasteiger partial charge in [0.05, 0.1) is 24.1 Å². The number of aromatic nitrogens is 1. The molecule has 1 aromatic carbocycles. The van der Waals surface area contributed by atoms with E-state index in [2.05, 4.69) is 10.3 Å². The molecule has 0 atom stereocenters. The summed E-state index contributed by atoms with van der Waals surface area (Å²) in [7, 11) is 0. The number of hydrogen-bond donors (Lipinski definition) is 1. The Labute approximate surface area is 150 Å². The summed E-state index contributed by atoms with van der Waals surface area (Å²) in [5.74, 6) is -1.04. The number of alkyl halides is 3. The van der Waals surface area contributed by atoms with Crippen LogP contribution in [0.15, 0.2) is 41.1 Å². The molecule has 3 aromatic rings. The van der Waals surface area contributed by atoms with Gasteiger partial charge in [-0.15, -0.1) is 0 Å². The number of rotatable bonds is 4. The van der Waals surface area contributed by atoms with Crippen LogP contribution in [0.25, 0.3) is 11.0 Å². The molecule has 0 fully saturated rings. The van der Waals surface area contributed by atoms with Crippen LogP contribution in [0.5, 0.6) is 0 Å². The summed E-state index contributed by atoms with van der Waals surface area (Å²) in [6, 6.07) is 4.82. The molecule has 2 aromatic heterocycles. The fourth-order valence-electron chi connectivity index (χ4n) is 2.41. The summed E-state index contributed by atoms with van der Waals surface area (Å²) in [5.41, 5.74) is -0.940. The lowest BCUT2D eigenvalue weighted by Gasteiger charge is -2.15. The number of nitrogens with one attached hydrogen (secondary N) is 1. The van der Waals surface area contributed by atoms with Crippen molar-refractivity contribution in [1.29, 1.82) is 0 Å². The van der Waals surface area contributed by atoms with Crippen LogP contribution >= 0.6 is 11.6 Å². The van der Waals surface area contributed by atoms with E-state index < -0.39 is 17.7 Å². The summed E-state index contributed by atoms with van der Waals surface area (Å²) in [4.78, 5) is 16.0. The zero-order chi connectivity index (χ0) is 18.9. The summed E-state index contributed by atoms with van der Waals surface area (Å²) < 4.78 is 50.3. The summed E-state index contributed by atoms with van der Waals surface area (Å²) in [5, 5.41) is 2.97. The lowest BCUT2D eigenvalue weighted by Crippen LogP contribution is -2.10. The van der Waals surface area contributed by atoms with Crippen molar-refractivity contribution in [3.8, 4) is 0 Å². The van der Waals surface area contributed by atoms with Crippen molar-refractivity contribution in [3.63, 3.8) is 0 Å². The van der Waals surface area contributed by atoms with Crippen molar-refractivity contribution >= 4 is 39.9 Å². The van der Waals surface area contributed by atoms with Gasteiger partial charge in [0.1, 0.15) is 5.69 Å². The van der Waals surface area contributed by atoms with Crippen LogP contribution in [-0.4, -0.2) is 17.6 Å². The zero-order valence-electron chi connectivity index (χ0n) is 13.4. The Morgan fingerprint density at radius 2 is 2.12 bits per heavy atom. The Hall–Kier alpha value is -2.74. The van der Waals surface area contributed by atoms with Gasteiger partial charge in [0.2, 0.25) is 5.76 Å². The number of anilines is 2. The molecule has 136 valence electrons. The van der Waals surface area contributed by atoms with E-state index in [0.29, 0.717) is 5.39 Å². The van der Waals surface area contributed by atoms with E-state index in [4.69, 9.17) is 20.8 Å². The van der Waals surface area contributed by atoms with E-state index >= 15 is 0 Å². The molecule has 0 aliphatic carbocycles. The normalized spacial score (nSPS) is 11.6. The highest BCUT2D eigenvalue weighted by Gasteiger charge is 2.34. The molecule has 0 aliphatic heterocycles. The summed E-state index contributed by atoms with van der Waals surface area (Å²) >= 11 is 5.69. The Morgan fingerprint density at radius 3 is 2.81 bits per heavy atom. The van der Waals surface area contributed by atoms with E-state index in [-0.39, 0.29) is 34.3 Å². The van der Waals surface area contributed by atoms with E-state index in [9.17, 15) is 18.0 Å². The molecule has 0 bridgehead atoms. The number of furan rings is 1. The lowest BCUT2D eigenvalue weighted by atomic mass is 10.1. The van der Waals surface area contributed by atoms with Crippen molar-refractivity contribution in [2.75, 3.05) is 11.9 Å². The predicted molar refractivity (Wildman–Crippen MR) is 89.7 cm³/mol. The van der Waals surface area contributed by atoms with Crippen LogP contribution in [-0.2, 0) is 10.9 Å². The van der Waals surface area contributed by atoms with Crippen LogP contribution < -0.4 is 5.32 Å². The second-order valence-electron chi connectivity index (χ2n) is 5.21. The van der Waals surface area contributed by atoms with Gasteiger partial charge in [-0.1, -0.05) is 11.6 Å². The van der Waals surface area contributed by atoms with Crippen molar-refractivity contribution in [1.82, 2.24) is 4.98 Å². The SMILES string of the molecule is CCOC(=O)c1oc2cnccc2c1Nc1ccc(Cl)cc1C(F)(F)F. The average molecular weight is 385 g/mol. The van der Waals surface area contributed by atoms with E-state index in [1.165, 1.54) is 30.6 Å². The number of benzene rings is 1. The van der Waals surface area contributed by atoms with Gasteiger partial charge in [0, 0.05) is 16.6 Å². The Bertz CT molecular complexity index is 970. The average Bonchev–Trinajstić information content (AvgIpc) is 2.94. The fraction of sp³-hybridized carbons (Fsp3) is 0.176. The van der Waals surface area contributed by atoms with Crippen LogP contribution in [0.3, 0.4) is 0 Å². The van der Waals surface area contributed by atoms with Gasteiger partial charge >= 0.3 is 12.1 Å². The fourth-order valence-corrected chi connectivity index (χ4v) is 2.58. The number of esters is 1. The molecular weight excluding hydrogens is 373 g/mol. The first-order valence-electron chi connectivity index (χ1n) is 7.48. The topological polar surface area (TPSA) is 64.4 Å². The smallest absolute Gasteiger partial charge is 0.418 e. The Balaban J connectivity index is 2.15. The van der Waals surface area contributed by atoms with Gasteiger partial charge in [0.15, 0.2) is 5.58 Å². The number of pyridine rings is 1. The summed E-state index contributed by atoms with van der Waals surface area (Å²) in [6.45, 7) is 1.69. The quantitative estimate of drug-likeness (QED) is 0.608. The molecule has 3 rings (SSSR count). The molecule has 1 N–H and O–H groups in total. The molecule has 26 heavy (non-hydrogen) atoms. The third-order valence-electron chi connectivity index (χ3n) is 3.50. The predicted octanol–water partition coefficient (Wildman–Crippen LogP) is 5.42. The molecule has 2 heterocycles. The van der Waals surface area contributed by atoms with Crippen LogP contribution in [0.4, 0.5) is 24.5 Å². The molecular formula is C17H12ClF3N2O3. The highest BCUT2D eigenvalue weighted by Crippen LogP contribution is 2.40.